The van der Waals surface area contributed by atoms with Crippen molar-refractivity contribution in [3.63, 3.8) is 0 Å². The van der Waals surface area contributed by atoms with E-state index in [-0.39, 0.29) is 0 Å². The number of nitriles is 1. The van der Waals surface area contributed by atoms with Crippen LogP contribution >= 0.6 is 23.2 Å². The lowest BCUT2D eigenvalue weighted by molar-refractivity contribution is 0.655. The third-order valence-corrected chi connectivity index (χ3v) is 2.96. The SMILES string of the molecule is N#CCCNCCCc1ccc(Cl)c(Cl)c1. The molecule has 1 N–H and O–H groups in total. The first-order valence-electron chi connectivity index (χ1n) is 5.25. The highest BCUT2D eigenvalue weighted by atomic mass is 35.5. The summed E-state index contributed by atoms with van der Waals surface area (Å²) >= 11 is 11.7. The maximum Gasteiger partial charge on any atom is 0.0635 e. The smallest absolute Gasteiger partial charge is 0.0635 e. The average Bonchev–Trinajstić information content (AvgIpc) is 2.28. The Morgan fingerprint density at radius 3 is 2.69 bits per heavy atom. The summed E-state index contributed by atoms with van der Waals surface area (Å²) in [5.74, 6) is 0. The molecule has 0 aliphatic rings. The van der Waals surface area contributed by atoms with E-state index in [4.69, 9.17) is 28.5 Å². The van der Waals surface area contributed by atoms with Crippen LogP contribution in [0.15, 0.2) is 18.2 Å². The van der Waals surface area contributed by atoms with Crippen LogP contribution in [0.2, 0.25) is 10.0 Å². The first kappa shape index (κ1) is 13.3. The molecule has 0 atom stereocenters. The van der Waals surface area contributed by atoms with Crippen LogP contribution in [-0.4, -0.2) is 13.1 Å². The monoisotopic (exact) mass is 256 g/mol. The van der Waals surface area contributed by atoms with Crippen molar-refractivity contribution in [3.8, 4) is 6.07 Å². The van der Waals surface area contributed by atoms with Gasteiger partial charge >= 0.3 is 0 Å². The Morgan fingerprint density at radius 2 is 2.00 bits per heavy atom. The van der Waals surface area contributed by atoms with E-state index in [1.807, 2.05) is 18.2 Å². The Kier molecular flexibility index (Phi) is 6.25. The molecular formula is C12H14Cl2N2. The molecule has 0 aliphatic heterocycles. The predicted octanol–water partition coefficient (Wildman–Crippen LogP) is 3.43. The maximum atomic E-state index is 8.34. The molecule has 0 saturated carbocycles. The van der Waals surface area contributed by atoms with Gasteiger partial charge in [-0.3, -0.25) is 0 Å². The van der Waals surface area contributed by atoms with Crippen LogP contribution in [0.3, 0.4) is 0 Å². The molecule has 16 heavy (non-hydrogen) atoms. The molecule has 4 heteroatoms. The number of nitrogens with one attached hydrogen (secondary N) is 1. The van der Waals surface area contributed by atoms with E-state index < -0.39 is 0 Å². The van der Waals surface area contributed by atoms with E-state index in [1.54, 1.807) is 0 Å². The Balaban J connectivity index is 2.22. The highest BCUT2D eigenvalue weighted by Gasteiger charge is 1.99. The minimum Gasteiger partial charge on any atom is -0.316 e. The zero-order chi connectivity index (χ0) is 11.8. The summed E-state index contributed by atoms with van der Waals surface area (Å²) < 4.78 is 0. The second-order valence-corrected chi connectivity index (χ2v) is 4.32. The second-order valence-electron chi connectivity index (χ2n) is 3.51. The van der Waals surface area contributed by atoms with Gasteiger partial charge in [-0.15, -0.1) is 0 Å². The highest BCUT2D eigenvalue weighted by molar-refractivity contribution is 6.42. The number of hydrogen-bond donors (Lipinski definition) is 1. The average molecular weight is 257 g/mol. The summed E-state index contributed by atoms with van der Waals surface area (Å²) in [6.07, 6.45) is 2.56. The molecule has 0 fully saturated rings. The Morgan fingerprint density at radius 1 is 1.19 bits per heavy atom. The number of hydrogen-bond acceptors (Lipinski definition) is 2. The van der Waals surface area contributed by atoms with Crippen LogP contribution in [0.1, 0.15) is 18.4 Å². The topological polar surface area (TPSA) is 35.8 Å². The number of benzene rings is 1. The fourth-order valence-corrected chi connectivity index (χ4v) is 1.70. The van der Waals surface area contributed by atoms with Gasteiger partial charge in [-0.25, -0.2) is 0 Å². The lowest BCUT2D eigenvalue weighted by Crippen LogP contribution is -2.16. The minimum atomic E-state index is 0.562. The normalized spacial score (nSPS) is 10.1. The van der Waals surface area contributed by atoms with E-state index >= 15 is 0 Å². The van der Waals surface area contributed by atoms with Gasteiger partial charge in [-0.2, -0.15) is 5.26 Å². The van der Waals surface area contributed by atoms with Crippen LogP contribution in [0.5, 0.6) is 0 Å². The largest absolute Gasteiger partial charge is 0.316 e. The summed E-state index contributed by atoms with van der Waals surface area (Å²) in [5.41, 5.74) is 1.19. The molecule has 1 aromatic rings. The molecule has 2 nitrogen and oxygen atoms in total. The first-order valence-corrected chi connectivity index (χ1v) is 6.01. The zero-order valence-electron chi connectivity index (χ0n) is 8.97. The number of nitrogens with zero attached hydrogens (tertiary/aromatic N) is 1. The van der Waals surface area contributed by atoms with Crippen molar-refractivity contribution < 1.29 is 0 Å². The first-order chi connectivity index (χ1) is 7.74. The minimum absolute atomic E-state index is 0.562. The van der Waals surface area contributed by atoms with Gasteiger partial charge in [-0.1, -0.05) is 29.3 Å². The fraction of sp³-hybridized carbons (Fsp3) is 0.417. The maximum absolute atomic E-state index is 8.34. The van der Waals surface area contributed by atoms with E-state index in [2.05, 4.69) is 11.4 Å². The van der Waals surface area contributed by atoms with Crippen LogP contribution < -0.4 is 5.32 Å². The van der Waals surface area contributed by atoms with Crippen LogP contribution in [0.4, 0.5) is 0 Å². The number of halogens is 2. The Labute approximate surface area is 106 Å². The molecule has 1 rings (SSSR count). The predicted molar refractivity (Wildman–Crippen MR) is 67.9 cm³/mol. The molecule has 0 bridgehead atoms. The van der Waals surface area contributed by atoms with Crippen molar-refractivity contribution in [2.45, 2.75) is 19.3 Å². The molecule has 0 aromatic heterocycles. The van der Waals surface area contributed by atoms with Crippen molar-refractivity contribution >= 4 is 23.2 Å². The van der Waals surface area contributed by atoms with E-state index in [0.29, 0.717) is 16.5 Å². The Bertz CT molecular complexity index is 372. The van der Waals surface area contributed by atoms with E-state index in [1.165, 1.54) is 5.56 Å². The van der Waals surface area contributed by atoms with Gasteiger partial charge in [0.05, 0.1) is 16.1 Å². The fourth-order valence-electron chi connectivity index (χ4n) is 1.38. The van der Waals surface area contributed by atoms with Crippen LogP contribution in [0.25, 0.3) is 0 Å². The van der Waals surface area contributed by atoms with E-state index in [9.17, 15) is 0 Å². The van der Waals surface area contributed by atoms with E-state index in [0.717, 1.165) is 25.9 Å². The lowest BCUT2D eigenvalue weighted by Gasteiger charge is -2.04. The second kappa shape index (κ2) is 7.51. The molecular weight excluding hydrogens is 243 g/mol. The summed E-state index contributed by atoms with van der Waals surface area (Å²) in [6.45, 7) is 1.68. The zero-order valence-corrected chi connectivity index (χ0v) is 10.5. The van der Waals surface area contributed by atoms with Crippen LogP contribution in [-0.2, 0) is 6.42 Å². The lowest BCUT2D eigenvalue weighted by atomic mass is 10.1. The standard InChI is InChI=1S/C12H14Cl2N2/c13-11-5-4-10(9-12(11)14)3-1-7-16-8-2-6-15/h4-5,9,16H,1-3,7-8H2. The summed E-state index contributed by atoms with van der Waals surface area (Å²) in [4.78, 5) is 0. The Hall–Kier alpha value is -0.750. The molecule has 86 valence electrons. The van der Waals surface area contributed by atoms with Crippen LogP contribution in [0, 0.1) is 11.3 Å². The van der Waals surface area contributed by atoms with Gasteiger partial charge in [0.2, 0.25) is 0 Å². The van der Waals surface area contributed by atoms with Crippen molar-refractivity contribution in [3.05, 3.63) is 33.8 Å². The number of aryl methyl sites for hydroxylation is 1. The summed E-state index contributed by atoms with van der Waals surface area (Å²) in [5, 5.41) is 12.7. The summed E-state index contributed by atoms with van der Waals surface area (Å²) in [6, 6.07) is 7.81. The van der Waals surface area contributed by atoms with Crippen molar-refractivity contribution in [1.29, 1.82) is 5.26 Å². The quantitative estimate of drug-likeness (QED) is 0.792. The third kappa shape index (κ3) is 4.85. The molecule has 0 unspecified atom stereocenters. The molecule has 0 amide bonds. The van der Waals surface area contributed by atoms with Gasteiger partial charge in [0.25, 0.3) is 0 Å². The molecule has 1 aromatic carbocycles. The summed E-state index contributed by atoms with van der Waals surface area (Å²) in [7, 11) is 0. The molecule has 0 saturated heterocycles. The van der Waals surface area contributed by atoms with Gasteiger partial charge in [0, 0.05) is 13.0 Å². The van der Waals surface area contributed by atoms with Gasteiger partial charge < -0.3 is 5.32 Å². The number of rotatable bonds is 6. The van der Waals surface area contributed by atoms with Crippen molar-refractivity contribution in [2.75, 3.05) is 13.1 Å². The highest BCUT2D eigenvalue weighted by Crippen LogP contribution is 2.22. The third-order valence-electron chi connectivity index (χ3n) is 2.22. The molecule has 0 spiro atoms. The molecule has 0 heterocycles. The van der Waals surface area contributed by atoms with Gasteiger partial charge in [0.15, 0.2) is 0 Å². The molecule has 0 aliphatic carbocycles. The van der Waals surface area contributed by atoms with Gasteiger partial charge in [0.1, 0.15) is 0 Å². The van der Waals surface area contributed by atoms with Crippen molar-refractivity contribution in [2.24, 2.45) is 0 Å². The van der Waals surface area contributed by atoms with Gasteiger partial charge in [-0.05, 0) is 37.1 Å². The molecule has 0 radical (unpaired) electrons. The van der Waals surface area contributed by atoms with Crippen molar-refractivity contribution in [1.82, 2.24) is 5.32 Å².